The zero-order valence-electron chi connectivity index (χ0n) is 10.3. The molecule has 0 aliphatic rings. The summed E-state index contributed by atoms with van der Waals surface area (Å²) in [5.74, 6) is -2.55. The van der Waals surface area contributed by atoms with Crippen LogP contribution in [0.15, 0.2) is 30.5 Å². The number of aliphatic carboxylic acids is 1. The summed E-state index contributed by atoms with van der Waals surface area (Å²) in [5.41, 5.74) is -0.267. The number of carboxylic acid groups (broad SMARTS) is 1. The minimum absolute atomic E-state index is 0.00458. The Morgan fingerprint density at radius 1 is 1.43 bits per heavy atom. The van der Waals surface area contributed by atoms with Crippen LogP contribution in [0.1, 0.15) is 15.2 Å². The number of carboxylic acids is 1. The number of nitrogens with zero attached hydrogens (tertiary/aromatic N) is 1. The van der Waals surface area contributed by atoms with E-state index in [1.54, 1.807) is 0 Å². The molecule has 2 aromatic rings. The van der Waals surface area contributed by atoms with Gasteiger partial charge >= 0.3 is 5.97 Å². The van der Waals surface area contributed by atoms with Crippen LogP contribution >= 0.6 is 22.9 Å². The third-order valence-corrected chi connectivity index (χ3v) is 3.52. The predicted octanol–water partition coefficient (Wildman–Crippen LogP) is 3.29. The van der Waals surface area contributed by atoms with Crippen molar-refractivity contribution in [2.75, 3.05) is 5.32 Å². The second-order valence-corrected chi connectivity index (χ2v) is 5.26. The van der Waals surface area contributed by atoms with Gasteiger partial charge in [-0.15, -0.1) is 0 Å². The molecule has 0 aliphatic carbocycles. The number of carbonyl (C=O) groups is 2. The second-order valence-electron chi connectivity index (χ2n) is 3.79. The summed E-state index contributed by atoms with van der Waals surface area (Å²) in [6, 6.07) is 3.93. The maximum atomic E-state index is 13.6. The van der Waals surface area contributed by atoms with Crippen LogP contribution in [-0.2, 0) is 4.79 Å². The normalized spacial score (nSPS) is 10.8. The highest BCUT2D eigenvalue weighted by Gasteiger charge is 2.16. The first-order valence-electron chi connectivity index (χ1n) is 5.59. The third kappa shape index (κ3) is 3.87. The van der Waals surface area contributed by atoms with E-state index in [1.165, 1.54) is 24.4 Å². The van der Waals surface area contributed by atoms with Crippen LogP contribution in [0.4, 0.5) is 9.52 Å². The molecule has 2 N–H and O–H groups in total. The lowest BCUT2D eigenvalue weighted by molar-refractivity contribution is -0.131. The van der Waals surface area contributed by atoms with E-state index in [1.807, 2.05) is 0 Å². The molecule has 21 heavy (non-hydrogen) atoms. The van der Waals surface area contributed by atoms with Crippen LogP contribution < -0.4 is 5.32 Å². The first-order valence-corrected chi connectivity index (χ1v) is 6.79. The summed E-state index contributed by atoms with van der Waals surface area (Å²) in [4.78, 5) is 26.8. The Bertz CT molecular complexity index is 710. The lowest BCUT2D eigenvalue weighted by Crippen LogP contribution is -2.14. The molecule has 108 valence electrons. The molecular weight excluding hydrogens is 319 g/mol. The average molecular weight is 327 g/mol. The second kappa shape index (κ2) is 6.47. The molecule has 1 amide bonds. The van der Waals surface area contributed by atoms with Crippen molar-refractivity contribution in [2.45, 2.75) is 0 Å². The quantitative estimate of drug-likeness (QED) is 0.845. The fourth-order valence-electron chi connectivity index (χ4n) is 1.45. The number of nitrogens with one attached hydrogen (secondary N) is 1. The topological polar surface area (TPSA) is 79.3 Å². The van der Waals surface area contributed by atoms with Gasteiger partial charge in [-0.3, -0.25) is 10.1 Å². The largest absolute Gasteiger partial charge is 0.478 e. The van der Waals surface area contributed by atoms with Gasteiger partial charge in [0.1, 0.15) is 5.82 Å². The number of halogens is 2. The Kier molecular flexibility index (Phi) is 4.66. The summed E-state index contributed by atoms with van der Waals surface area (Å²) < 4.78 is 13.6. The van der Waals surface area contributed by atoms with Crippen molar-refractivity contribution in [3.8, 4) is 0 Å². The fraction of sp³-hybridized carbons (Fsp3) is 0. The van der Waals surface area contributed by atoms with Gasteiger partial charge in [0.15, 0.2) is 5.13 Å². The van der Waals surface area contributed by atoms with E-state index < -0.39 is 17.7 Å². The molecule has 8 heteroatoms. The van der Waals surface area contributed by atoms with Gasteiger partial charge in [-0.05, 0) is 18.2 Å². The molecule has 0 radical (unpaired) electrons. The van der Waals surface area contributed by atoms with Crippen LogP contribution in [0.2, 0.25) is 5.02 Å². The molecule has 2 rings (SSSR count). The number of rotatable bonds is 4. The fourth-order valence-corrected chi connectivity index (χ4v) is 2.41. The Morgan fingerprint density at radius 3 is 2.86 bits per heavy atom. The van der Waals surface area contributed by atoms with E-state index >= 15 is 0 Å². The Labute approximate surface area is 127 Å². The lowest BCUT2D eigenvalue weighted by atomic mass is 10.2. The van der Waals surface area contributed by atoms with Crippen LogP contribution in [0.25, 0.3) is 6.08 Å². The third-order valence-electron chi connectivity index (χ3n) is 2.32. The highest BCUT2D eigenvalue weighted by Crippen LogP contribution is 2.23. The molecular formula is C13H8ClFN2O3S. The first kappa shape index (κ1) is 15.1. The summed E-state index contributed by atoms with van der Waals surface area (Å²) >= 11 is 6.84. The minimum atomic E-state index is -1.09. The Morgan fingerprint density at radius 2 is 2.19 bits per heavy atom. The van der Waals surface area contributed by atoms with Gasteiger partial charge in [0.25, 0.3) is 5.91 Å². The van der Waals surface area contributed by atoms with Crippen molar-refractivity contribution >= 4 is 46.0 Å². The summed E-state index contributed by atoms with van der Waals surface area (Å²) in [5, 5.41) is 11.1. The molecule has 1 aromatic carbocycles. The monoisotopic (exact) mass is 326 g/mol. The van der Waals surface area contributed by atoms with Crippen LogP contribution in [0, 0.1) is 5.82 Å². The zero-order chi connectivity index (χ0) is 15.4. The van der Waals surface area contributed by atoms with Crippen LogP contribution in [0.3, 0.4) is 0 Å². The Balaban J connectivity index is 2.15. The molecule has 1 aromatic heterocycles. The van der Waals surface area contributed by atoms with E-state index in [9.17, 15) is 14.0 Å². The van der Waals surface area contributed by atoms with E-state index in [4.69, 9.17) is 16.7 Å². The number of anilines is 1. The minimum Gasteiger partial charge on any atom is -0.478 e. The SMILES string of the molecule is O=C(O)C=Cc1cnc(NC(=O)c2c(F)cccc2Cl)s1. The highest BCUT2D eigenvalue weighted by molar-refractivity contribution is 7.16. The van der Waals surface area contributed by atoms with Gasteiger partial charge in [0.2, 0.25) is 0 Å². The molecule has 0 aliphatic heterocycles. The highest BCUT2D eigenvalue weighted by atomic mass is 35.5. The van der Waals surface area contributed by atoms with Gasteiger partial charge in [-0.1, -0.05) is 29.0 Å². The molecule has 0 unspecified atom stereocenters. The van der Waals surface area contributed by atoms with Crippen molar-refractivity contribution in [3.63, 3.8) is 0 Å². The van der Waals surface area contributed by atoms with Crippen molar-refractivity contribution in [3.05, 3.63) is 51.8 Å². The number of hydrogen-bond acceptors (Lipinski definition) is 4. The maximum absolute atomic E-state index is 13.6. The molecule has 0 spiro atoms. The van der Waals surface area contributed by atoms with Gasteiger partial charge < -0.3 is 5.11 Å². The zero-order valence-corrected chi connectivity index (χ0v) is 11.9. The number of amides is 1. The van der Waals surface area contributed by atoms with Gasteiger partial charge in [0.05, 0.1) is 10.6 Å². The lowest BCUT2D eigenvalue weighted by Gasteiger charge is -2.04. The number of carbonyl (C=O) groups excluding carboxylic acids is 1. The maximum Gasteiger partial charge on any atom is 0.328 e. The predicted molar refractivity (Wildman–Crippen MR) is 78.1 cm³/mol. The van der Waals surface area contributed by atoms with Crippen molar-refractivity contribution in [1.82, 2.24) is 4.98 Å². The number of benzene rings is 1. The molecule has 5 nitrogen and oxygen atoms in total. The molecule has 0 saturated carbocycles. The molecule has 0 saturated heterocycles. The Hall–Kier alpha value is -2.25. The van der Waals surface area contributed by atoms with E-state index in [0.29, 0.717) is 4.88 Å². The smallest absolute Gasteiger partial charge is 0.328 e. The van der Waals surface area contributed by atoms with Crippen LogP contribution in [-0.4, -0.2) is 22.0 Å². The van der Waals surface area contributed by atoms with E-state index in [2.05, 4.69) is 10.3 Å². The summed E-state index contributed by atoms with van der Waals surface area (Å²) in [6.07, 6.45) is 3.68. The van der Waals surface area contributed by atoms with Gasteiger partial charge in [-0.25, -0.2) is 14.2 Å². The first-order chi connectivity index (χ1) is 9.97. The van der Waals surface area contributed by atoms with Crippen molar-refractivity contribution < 1.29 is 19.1 Å². The van der Waals surface area contributed by atoms with Gasteiger partial charge in [-0.2, -0.15) is 0 Å². The summed E-state index contributed by atoms with van der Waals surface area (Å²) in [6.45, 7) is 0. The molecule has 0 fully saturated rings. The van der Waals surface area contributed by atoms with Crippen molar-refractivity contribution in [1.29, 1.82) is 0 Å². The number of aromatic nitrogens is 1. The van der Waals surface area contributed by atoms with Crippen molar-refractivity contribution in [2.24, 2.45) is 0 Å². The number of thiazole rings is 1. The standard InChI is InChI=1S/C13H8ClFN2O3S/c14-8-2-1-3-9(15)11(8)12(20)17-13-16-6-7(21-13)4-5-10(18)19/h1-6H,(H,18,19)(H,16,17,20). The van der Waals surface area contributed by atoms with E-state index in [0.717, 1.165) is 23.5 Å². The number of hydrogen-bond donors (Lipinski definition) is 2. The molecule has 1 heterocycles. The average Bonchev–Trinajstić information content (AvgIpc) is 2.83. The van der Waals surface area contributed by atoms with Gasteiger partial charge in [0, 0.05) is 17.2 Å². The summed E-state index contributed by atoms with van der Waals surface area (Å²) in [7, 11) is 0. The molecule has 0 bridgehead atoms. The molecule has 0 atom stereocenters. The van der Waals surface area contributed by atoms with Crippen LogP contribution in [0.5, 0.6) is 0 Å². The van der Waals surface area contributed by atoms with E-state index in [-0.39, 0.29) is 15.7 Å².